The van der Waals surface area contributed by atoms with Gasteiger partial charge in [0.05, 0.1) is 12.7 Å². The van der Waals surface area contributed by atoms with Gasteiger partial charge in [-0.05, 0) is 51.7 Å². The van der Waals surface area contributed by atoms with Crippen molar-refractivity contribution in [3.05, 3.63) is 24.6 Å². The van der Waals surface area contributed by atoms with E-state index in [9.17, 15) is 13.6 Å². The fourth-order valence-corrected chi connectivity index (χ4v) is 2.52. The van der Waals surface area contributed by atoms with Crippen LogP contribution in [0.4, 0.5) is 13.6 Å². The molecule has 0 aromatic heterocycles. The lowest BCUT2D eigenvalue weighted by Gasteiger charge is -2.37. The average Bonchev–Trinajstić information content (AvgIpc) is 2.45. The third-order valence-corrected chi connectivity index (χ3v) is 3.68. The molecular formula is C16H24F2N2O3. The lowest BCUT2D eigenvalue weighted by Crippen LogP contribution is -2.48. The van der Waals surface area contributed by atoms with E-state index >= 15 is 0 Å². The van der Waals surface area contributed by atoms with Crippen LogP contribution in [-0.4, -0.2) is 34.3 Å². The summed E-state index contributed by atoms with van der Waals surface area (Å²) in [6.45, 7) is 5.61. The number of alkyl halides is 2. The molecule has 1 fully saturated rings. The zero-order chi connectivity index (χ0) is 17.1. The van der Waals surface area contributed by atoms with Crippen molar-refractivity contribution in [2.24, 2.45) is 5.92 Å². The highest BCUT2D eigenvalue weighted by Crippen LogP contribution is 2.36. The number of hydroxylamine groups is 1. The molecule has 0 saturated heterocycles. The van der Waals surface area contributed by atoms with E-state index in [1.807, 2.05) is 0 Å². The van der Waals surface area contributed by atoms with Crippen molar-refractivity contribution in [3.63, 3.8) is 0 Å². The number of hydrazine groups is 1. The average molecular weight is 330 g/mol. The molecule has 23 heavy (non-hydrogen) atoms. The van der Waals surface area contributed by atoms with Crippen molar-refractivity contribution in [3.8, 4) is 0 Å². The van der Waals surface area contributed by atoms with E-state index in [4.69, 9.17) is 9.57 Å². The Kier molecular flexibility index (Phi) is 5.16. The van der Waals surface area contributed by atoms with Gasteiger partial charge >= 0.3 is 6.09 Å². The monoisotopic (exact) mass is 330 g/mol. The first-order valence-electron chi connectivity index (χ1n) is 7.84. The van der Waals surface area contributed by atoms with Gasteiger partial charge in [0.1, 0.15) is 11.9 Å². The number of halogens is 2. The van der Waals surface area contributed by atoms with Crippen LogP contribution in [0.5, 0.6) is 0 Å². The molecule has 2 rings (SSSR count). The molecule has 1 aliphatic carbocycles. The number of amides is 1. The van der Waals surface area contributed by atoms with Gasteiger partial charge in [0.15, 0.2) is 0 Å². The highest BCUT2D eigenvalue weighted by Gasteiger charge is 2.37. The third kappa shape index (κ3) is 5.41. The van der Waals surface area contributed by atoms with Gasteiger partial charge in [-0.25, -0.2) is 13.6 Å². The highest BCUT2D eigenvalue weighted by atomic mass is 19.3. The van der Waals surface area contributed by atoms with Crippen molar-refractivity contribution < 1.29 is 23.1 Å². The molecule has 0 N–H and O–H groups in total. The van der Waals surface area contributed by atoms with Crippen LogP contribution < -0.4 is 0 Å². The molecule has 5 nitrogen and oxygen atoms in total. The molecular weight excluding hydrogens is 306 g/mol. The summed E-state index contributed by atoms with van der Waals surface area (Å²) < 4.78 is 32.0. The van der Waals surface area contributed by atoms with Gasteiger partial charge in [0, 0.05) is 12.8 Å². The van der Waals surface area contributed by atoms with Crippen LogP contribution >= 0.6 is 0 Å². The lowest BCUT2D eigenvalue weighted by atomic mass is 9.87. The molecule has 0 aromatic carbocycles. The SMILES string of the molecule is CC(C)(C)OC(=O)N(CC1CCC(F)(F)CC1)N1C=CC=CO1. The van der Waals surface area contributed by atoms with E-state index in [0.29, 0.717) is 12.8 Å². The molecule has 1 aliphatic heterocycles. The van der Waals surface area contributed by atoms with E-state index < -0.39 is 17.6 Å². The first-order chi connectivity index (χ1) is 10.7. The number of nitrogens with zero attached hydrogens (tertiary/aromatic N) is 2. The van der Waals surface area contributed by atoms with Crippen molar-refractivity contribution in [2.45, 2.75) is 58.0 Å². The molecule has 1 saturated carbocycles. The molecule has 0 radical (unpaired) electrons. The summed E-state index contributed by atoms with van der Waals surface area (Å²) >= 11 is 0. The van der Waals surface area contributed by atoms with Crippen molar-refractivity contribution >= 4 is 6.09 Å². The maximum absolute atomic E-state index is 13.3. The maximum Gasteiger partial charge on any atom is 0.431 e. The van der Waals surface area contributed by atoms with Crippen LogP contribution in [0.1, 0.15) is 46.5 Å². The molecule has 0 unspecified atom stereocenters. The van der Waals surface area contributed by atoms with Gasteiger partial charge in [-0.3, -0.25) is 0 Å². The molecule has 0 atom stereocenters. The lowest BCUT2D eigenvalue weighted by molar-refractivity contribution is -0.207. The summed E-state index contributed by atoms with van der Waals surface area (Å²) in [5, 5.41) is 2.60. The second-order valence-electron chi connectivity index (χ2n) is 6.94. The maximum atomic E-state index is 13.3. The Morgan fingerprint density at radius 3 is 2.52 bits per heavy atom. The minimum Gasteiger partial charge on any atom is -0.442 e. The van der Waals surface area contributed by atoms with Crippen molar-refractivity contribution in [2.75, 3.05) is 6.54 Å². The van der Waals surface area contributed by atoms with Crippen LogP contribution in [-0.2, 0) is 9.57 Å². The van der Waals surface area contributed by atoms with Crippen LogP contribution in [0.2, 0.25) is 0 Å². The van der Waals surface area contributed by atoms with E-state index in [2.05, 4.69) is 0 Å². The number of hydrogen-bond donors (Lipinski definition) is 0. The number of allylic oxidation sites excluding steroid dienone is 2. The number of rotatable bonds is 3. The number of carbonyl (C=O) groups is 1. The summed E-state index contributed by atoms with van der Waals surface area (Å²) in [6, 6.07) is 0. The second kappa shape index (κ2) is 6.76. The minimum absolute atomic E-state index is 0.00921. The molecule has 7 heteroatoms. The molecule has 1 heterocycles. The topological polar surface area (TPSA) is 42.0 Å². The van der Waals surface area contributed by atoms with E-state index in [1.165, 1.54) is 16.4 Å². The first kappa shape index (κ1) is 17.6. The van der Waals surface area contributed by atoms with Crippen LogP contribution in [0.3, 0.4) is 0 Å². The Hall–Kier alpha value is -1.79. The fraction of sp³-hybridized carbons (Fsp3) is 0.688. The number of hydrogen-bond acceptors (Lipinski definition) is 4. The predicted molar refractivity (Wildman–Crippen MR) is 81.0 cm³/mol. The molecule has 0 bridgehead atoms. The molecule has 2 aliphatic rings. The van der Waals surface area contributed by atoms with Gasteiger partial charge in [-0.15, -0.1) is 5.17 Å². The number of ether oxygens (including phenoxy) is 1. The van der Waals surface area contributed by atoms with E-state index in [0.717, 1.165) is 0 Å². The Morgan fingerprint density at radius 2 is 2.00 bits per heavy atom. The van der Waals surface area contributed by atoms with Gasteiger partial charge in [0.25, 0.3) is 0 Å². The molecule has 130 valence electrons. The Balaban J connectivity index is 2.03. The van der Waals surface area contributed by atoms with Gasteiger partial charge < -0.3 is 9.57 Å². The number of carbonyl (C=O) groups excluding carboxylic acids is 1. The van der Waals surface area contributed by atoms with E-state index in [1.54, 1.807) is 39.1 Å². The summed E-state index contributed by atoms with van der Waals surface area (Å²) in [6.07, 6.45) is 6.33. The summed E-state index contributed by atoms with van der Waals surface area (Å²) in [5.74, 6) is -2.60. The Morgan fingerprint density at radius 1 is 1.35 bits per heavy atom. The predicted octanol–water partition coefficient (Wildman–Crippen LogP) is 4.24. The highest BCUT2D eigenvalue weighted by molar-refractivity contribution is 5.67. The zero-order valence-electron chi connectivity index (χ0n) is 13.8. The standard InChI is InChI=1S/C16H24F2N2O3/c1-15(2,3)23-14(21)19(20-10-4-5-11-22-20)12-13-6-8-16(17,18)9-7-13/h4-5,10-11,13H,6-9,12H2,1-3H3. The zero-order valence-corrected chi connectivity index (χ0v) is 13.8. The summed E-state index contributed by atoms with van der Waals surface area (Å²) in [7, 11) is 0. The summed E-state index contributed by atoms with van der Waals surface area (Å²) in [4.78, 5) is 17.7. The second-order valence-corrected chi connectivity index (χ2v) is 6.94. The smallest absolute Gasteiger partial charge is 0.431 e. The van der Waals surface area contributed by atoms with Gasteiger partial charge in [0.2, 0.25) is 5.92 Å². The molecule has 0 aromatic rings. The Labute approximate surface area is 135 Å². The summed E-state index contributed by atoms with van der Waals surface area (Å²) in [5.41, 5.74) is -0.649. The van der Waals surface area contributed by atoms with Crippen molar-refractivity contribution in [1.29, 1.82) is 0 Å². The molecule has 1 amide bonds. The quantitative estimate of drug-likeness (QED) is 0.776. The first-order valence-corrected chi connectivity index (χ1v) is 7.84. The van der Waals surface area contributed by atoms with Crippen molar-refractivity contribution in [1.82, 2.24) is 10.2 Å². The van der Waals surface area contributed by atoms with Crippen LogP contribution in [0, 0.1) is 5.92 Å². The van der Waals surface area contributed by atoms with Gasteiger partial charge in [-0.1, -0.05) is 0 Å². The Bertz CT molecular complexity index is 476. The minimum atomic E-state index is -2.59. The molecule has 0 spiro atoms. The largest absolute Gasteiger partial charge is 0.442 e. The van der Waals surface area contributed by atoms with Crippen LogP contribution in [0.25, 0.3) is 0 Å². The van der Waals surface area contributed by atoms with Gasteiger partial charge in [-0.2, -0.15) is 5.01 Å². The normalized spacial score (nSPS) is 21.0. The third-order valence-electron chi connectivity index (χ3n) is 3.68. The van der Waals surface area contributed by atoms with Crippen LogP contribution in [0.15, 0.2) is 24.6 Å². The fourth-order valence-electron chi connectivity index (χ4n) is 2.52. The van der Waals surface area contributed by atoms with E-state index in [-0.39, 0.29) is 25.3 Å².